The Hall–Kier alpha value is -2.51. The van der Waals surface area contributed by atoms with Gasteiger partial charge in [0.1, 0.15) is 10.7 Å². The summed E-state index contributed by atoms with van der Waals surface area (Å²) >= 11 is 1.48. The molecule has 28 heavy (non-hydrogen) atoms. The first-order valence-electron chi connectivity index (χ1n) is 8.90. The van der Waals surface area contributed by atoms with E-state index in [9.17, 15) is 13.2 Å². The predicted octanol–water partition coefficient (Wildman–Crippen LogP) is 3.39. The molecule has 3 aromatic rings. The van der Waals surface area contributed by atoms with E-state index in [-0.39, 0.29) is 11.7 Å². The van der Waals surface area contributed by atoms with Crippen LogP contribution in [0.15, 0.2) is 48.5 Å². The fourth-order valence-electron chi connectivity index (χ4n) is 2.87. The van der Waals surface area contributed by atoms with Crippen LogP contribution in [0.4, 0.5) is 5.13 Å². The molecule has 0 atom stereocenters. The van der Waals surface area contributed by atoms with Gasteiger partial charge in [-0.1, -0.05) is 48.5 Å². The average molecular weight is 414 g/mol. The van der Waals surface area contributed by atoms with Crippen LogP contribution in [0.2, 0.25) is 0 Å². The fraction of sp³-hybridized carbons (Fsp3) is 0.238. The van der Waals surface area contributed by atoms with E-state index in [4.69, 9.17) is 0 Å². The number of thiazole rings is 1. The smallest absolute Gasteiger partial charge is 0.223 e. The minimum absolute atomic E-state index is 0.0577. The molecule has 7 heteroatoms. The molecule has 2 aromatic carbocycles. The van der Waals surface area contributed by atoms with Gasteiger partial charge in [-0.05, 0) is 35.6 Å². The molecule has 0 aliphatic rings. The number of amides is 1. The molecule has 1 amide bonds. The minimum Gasteiger partial charge on any atom is -0.302 e. The molecule has 1 heterocycles. The second-order valence-corrected chi connectivity index (χ2v) is 8.53. The van der Waals surface area contributed by atoms with Crippen molar-refractivity contribution in [2.24, 2.45) is 0 Å². The molecule has 0 bridgehead atoms. The van der Waals surface area contributed by atoms with E-state index in [1.807, 2.05) is 42.5 Å². The maximum absolute atomic E-state index is 11.4. The summed E-state index contributed by atoms with van der Waals surface area (Å²) in [6.45, 7) is 1.47. The summed E-state index contributed by atoms with van der Waals surface area (Å²) < 4.78 is 21.7. The van der Waals surface area contributed by atoms with Crippen molar-refractivity contribution in [2.75, 3.05) is 5.32 Å². The van der Waals surface area contributed by atoms with Crippen molar-refractivity contribution in [1.29, 1.82) is 0 Å². The van der Waals surface area contributed by atoms with Crippen molar-refractivity contribution < 1.29 is 13.2 Å². The van der Waals surface area contributed by atoms with Crippen molar-refractivity contribution in [2.45, 2.75) is 31.9 Å². The van der Waals surface area contributed by atoms with E-state index in [2.05, 4.69) is 22.4 Å². The highest BCUT2D eigenvalue weighted by molar-refractivity contribution is 7.71. The largest absolute Gasteiger partial charge is 0.302 e. The number of thiol groups is 1. The second kappa shape index (κ2) is 9.61. The Bertz CT molecular complexity index is 1000. The Morgan fingerprint density at radius 3 is 2.50 bits per heavy atom. The van der Waals surface area contributed by atoms with Crippen molar-refractivity contribution in [3.8, 4) is 0 Å². The van der Waals surface area contributed by atoms with E-state index in [0.717, 1.165) is 34.5 Å². The first kappa shape index (κ1) is 20.2. The molecule has 5 nitrogen and oxygen atoms in total. The lowest BCUT2D eigenvalue weighted by Crippen LogP contribution is -2.05. The molecule has 1 aromatic heterocycles. The molecule has 0 aliphatic carbocycles. The first-order valence-corrected chi connectivity index (χ1v) is 11.1. The normalized spacial score (nSPS) is 10.9. The zero-order chi connectivity index (χ0) is 19.9. The van der Waals surface area contributed by atoms with Crippen LogP contribution in [0.1, 0.15) is 34.2 Å². The number of aromatic nitrogens is 1. The van der Waals surface area contributed by atoms with Crippen LogP contribution in [0, 0.1) is 6.07 Å². The highest BCUT2D eigenvalue weighted by Crippen LogP contribution is 2.27. The highest BCUT2D eigenvalue weighted by atomic mass is 32.2. The maximum Gasteiger partial charge on any atom is 0.223 e. The number of rotatable bonds is 8. The zero-order valence-corrected chi connectivity index (χ0v) is 17.2. The molecule has 0 fully saturated rings. The Morgan fingerprint density at radius 2 is 1.86 bits per heavy atom. The molecule has 145 valence electrons. The predicted molar refractivity (Wildman–Crippen MR) is 112 cm³/mol. The average Bonchev–Trinajstić information content (AvgIpc) is 3.02. The summed E-state index contributed by atoms with van der Waals surface area (Å²) in [6.07, 6.45) is 2.32. The third-order valence-electron chi connectivity index (χ3n) is 4.18. The molecule has 0 unspecified atom stereocenters. The molecule has 1 N–H and O–H groups in total. The summed E-state index contributed by atoms with van der Waals surface area (Å²) in [5, 5.41) is 3.38. The monoisotopic (exact) mass is 413 g/mol. The molecular formula is C21H21N2O3S2. The van der Waals surface area contributed by atoms with Gasteiger partial charge in [0.25, 0.3) is 0 Å². The lowest BCUT2D eigenvalue weighted by molar-refractivity contribution is -0.114. The standard InChI is InChI=1S/C21H21N2O3S2/c1-15(24)22-21-23-19(12-11-16-5-3-2-4-6-16)20(27-21)13-17-7-9-18(10-8-17)14-28(25)26/h2-3,5-10,28H,11-14H2,1H3,(H,22,23,24). The van der Waals surface area contributed by atoms with Crippen LogP contribution in [0.25, 0.3) is 0 Å². The summed E-state index contributed by atoms with van der Waals surface area (Å²) in [7, 11) is -2.42. The van der Waals surface area contributed by atoms with Crippen molar-refractivity contribution in [1.82, 2.24) is 4.98 Å². The Balaban J connectivity index is 1.77. The zero-order valence-electron chi connectivity index (χ0n) is 15.5. The lowest BCUT2D eigenvalue weighted by Gasteiger charge is -2.04. The van der Waals surface area contributed by atoms with Gasteiger partial charge in [-0.2, -0.15) is 0 Å². The van der Waals surface area contributed by atoms with Crippen molar-refractivity contribution in [3.63, 3.8) is 0 Å². The quantitative estimate of drug-likeness (QED) is 0.555. The van der Waals surface area contributed by atoms with Gasteiger partial charge in [0.05, 0.1) is 11.4 Å². The number of nitrogens with one attached hydrogen (secondary N) is 1. The lowest BCUT2D eigenvalue weighted by atomic mass is 10.0. The summed E-state index contributed by atoms with van der Waals surface area (Å²) in [6, 6.07) is 18.5. The molecular weight excluding hydrogens is 392 g/mol. The van der Waals surface area contributed by atoms with Crippen LogP contribution in [-0.2, 0) is 40.5 Å². The molecule has 3 rings (SSSR count). The van der Waals surface area contributed by atoms with E-state index in [0.29, 0.717) is 11.6 Å². The van der Waals surface area contributed by atoms with E-state index in [1.165, 1.54) is 23.8 Å². The SMILES string of the molecule is CC(=O)Nc1nc(CCc2c[c]ccc2)c(Cc2ccc(C[SH](=O)=O)cc2)s1. The van der Waals surface area contributed by atoms with Gasteiger partial charge in [0.15, 0.2) is 5.13 Å². The number of anilines is 1. The minimum atomic E-state index is -2.42. The molecule has 0 saturated heterocycles. The van der Waals surface area contributed by atoms with Crippen LogP contribution >= 0.6 is 11.3 Å². The molecule has 0 spiro atoms. The van der Waals surface area contributed by atoms with Crippen molar-refractivity contribution >= 4 is 33.1 Å². The topological polar surface area (TPSA) is 76.1 Å². The van der Waals surface area contributed by atoms with Gasteiger partial charge in [-0.25, -0.2) is 13.4 Å². The van der Waals surface area contributed by atoms with Gasteiger partial charge in [0, 0.05) is 18.2 Å². The molecule has 1 radical (unpaired) electrons. The van der Waals surface area contributed by atoms with Gasteiger partial charge in [-0.3, -0.25) is 4.79 Å². The Labute approximate surface area is 170 Å². The number of hydrogen-bond acceptors (Lipinski definition) is 5. The van der Waals surface area contributed by atoms with Gasteiger partial charge >= 0.3 is 0 Å². The van der Waals surface area contributed by atoms with E-state index < -0.39 is 10.7 Å². The second-order valence-electron chi connectivity index (χ2n) is 6.47. The number of aryl methyl sites for hydroxylation is 2. The van der Waals surface area contributed by atoms with Crippen LogP contribution in [0.5, 0.6) is 0 Å². The van der Waals surface area contributed by atoms with Gasteiger partial charge in [-0.15, -0.1) is 11.3 Å². The summed E-state index contributed by atoms with van der Waals surface area (Å²) in [5.74, 6) is -0.0806. The van der Waals surface area contributed by atoms with Crippen LogP contribution in [-0.4, -0.2) is 19.3 Å². The molecule has 0 saturated carbocycles. The number of benzene rings is 2. The fourth-order valence-corrected chi connectivity index (χ4v) is 4.46. The summed E-state index contributed by atoms with van der Waals surface area (Å²) in [4.78, 5) is 17.1. The van der Waals surface area contributed by atoms with E-state index >= 15 is 0 Å². The summed E-state index contributed by atoms with van der Waals surface area (Å²) in [5.41, 5.74) is 4.03. The third-order valence-corrected chi connectivity index (χ3v) is 5.82. The molecule has 0 aliphatic heterocycles. The van der Waals surface area contributed by atoms with E-state index in [1.54, 1.807) is 0 Å². The van der Waals surface area contributed by atoms with Crippen LogP contribution < -0.4 is 5.32 Å². The number of hydrogen-bond donors (Lipinski definition) is 2. The number of carbonyl (C=O) groups is 1. The van der Waals surface area contributed by atoms with Gasteiger partial charge < -0.3 is 5.32 Å². The number of nitrogens with zero attached hydrogens (tertiary/aromatic N) is 1. The maximum atomic E-state index is 11.4. The van der Waals surface area contributed by atoms with Crippen LogP contribution in [0.3, 0.4) is 0 Å². The third kappa shape index (κ3) is 6.00. The highest BCUT2D eigenvalue weighted by Gasteiger charge is 2.13. The van der Waals surface area contributed by atoms with Crippen molar-refractivity contribution in [3.05, 3.63) is 81.9 Å². The Morgan fingerprint density at radius 1 is 1.11 bits per heavy atom. The van der Waals surface area contributed by atoms with Gasteiger partial charge in [0.2, 0.25) is 5.91 Å². The Kier molecular flexibility index (Phi) is 6.95. The first-order chi connectivity index (χ1) is 13.5. The number of carbonyl (C=O) groups excluding carboxylic acids is 1.